The number of rotatable bonds is 3. The summed E-state index contributed by atoms with van der Waals surface area (Å²) in [6, 6.07) is 0. The molecule has 3 aliphatic carbocycles. The third-order valence-corrected chi connectivity index (χ3v) is 7.07. The summed E-state index contributed by atoms with van der Waals surface area (Å²) in [5.74, 6) is 0.369. The van der Waals surface area contributed by atoms with Crippen molar-refractivity contribution in [3.05, 3.63) is 0 Å². The summed E-state index contributed by atoms with van der Waals surface area (Å²) in [5.41, 5.74) is -0.302. The summed E-state index contributed by atoms with van der Waals surface area (Å²) in [6.07, 6.45) is 5.20. The maximum Gasteiger partial charge on any atom is 0.310 e. The molecule has 4 fully saturated rings. The van der Waals surface area contributed by atoms with Gasteiger partial charge in [-0.25, -0.2) is 0 Å². The van der Waals surface area contributed by atoms with Crippen molar-refractivity contribution >= 4 is 11.9 Å². The Kier molecular flexibility index (Phi) is 3.11. The van der Waals surface area contributed by atoms with Crippen LogP contribution in [0.1, 0.15) is 52.9 Å². The predicted octanol–water partition coefficient (Wildman–Crippen LogP) is 2.94. The van der Waals surface area contributed by atoms with Gasteiger partial charge in [-0.05, 0) is 49.9 Å². The molecule has 122 valence electrons. The Morgan fingerprint density at radius 2 is 1.95 bits per heavy atom. The van der Waals surface area contributed by atoms with Gasteiger partial charge in [-0.3, -0.25) is 9.59 Å². The third-order valence-electron chi connectivity index (χ3n) is 7.07. The topological polar surface area (TPSA) is 52.6 Å². The van der Waals surface area contributed by atoms with Crippen LogP contribution in [-0.2, 0) is 19.1 Å². The van der Waals surface area contributed by atoms with E-state index in [4.69, 9.17) is 9.47 Å². The van der Waals surface area contributed by atoms with Crippen LogP contribution in [0.15, 0.2) is 0 Å². The van der Waals surface area contributed by atoms with Crippen LogP contribution in [0.4, 0.5) is 0 Å². The molecule has 0 radical (unpaired) electrons. The molecule has 0 aromatic carbocycles. The smallest absolute Gasteiger partial charge is 0.310 e. The van der Waals surface area contributed by atoms with Gasteiger partial charge in [0.2, 0.25) is 0 Å². The van der Waals surface area contributed by atoms with Crippen molar-refractivity contribution in [2.24, 2.45) is 35.5 Å². The number of hydrogen-bond donors (Lipinski definition) is 0. The van der Waals surface area contributed by atoms with Gasteiger partial charge in [-0.15, -0.1) is 0 Å². The van der Waals surface area contributed by atoms with Crippen LogP contribution in [-0.4, -0.2) is 23.6 Å². The lowest BCUT2D eigenvalue weighted by molar-refractivity contribution is -0.174. The third kappa shape index (κ3) is 1.75. The Morgan fingerprint density at radius 3 is 2.59 bits per heavy atom. The molecule has 0 N–H and O–H groups in total. The normalized spacial score (nSPS) is 44.6. The van der Waals surface area contributed by atoms with Crippen LogP contribution in [0, 0.1) is 35.5 Å². The molecule has 6 unspecified atom stereocenters. The van der Waals surface area contributed by atoms with Crippen molar-refractivity contribution < 1.29 is 19.1 Å². The van der Waals surface area contributed by atoms with Gasteiger partial charge in [0.25, 0.3) is 0 Å². The lowest BCUT2D eigenvalue weighted by atomic mass is 9.75. The Hall–Kier alpha value is -1.06. The largest absolute Gasteiger partial charge is 0.462 e. The molecule has 1 aliphatic heterocycles. The van der Waals surface area contributed by atoms with E-state index < -0.39 is 0 Å². The molecule has 22 heavy (non-hydrogen) atoms. The fourth-order valence-electron chi connectivity index (χ4n) is 5.74. The molecule has 1 saturated heterocycles. The lowest BCUT2D eigenvalue weighted by Crippen LogP contribution is -2.44. The first kappa shape index (κ1) is 14.5. The second kappa shape index (κ2) is 4.72. The molecular formula is C18H26O4. The second-order valence-electron chi connectivity index (χ2n) is 8.22. The number of ether oxygens (including phenoxy) is 2. The fourth-order valence-corrected chi connectivity index (χ4v) is 5.74. The van der Waals surface area contributed by atoms with E-state index in [9.17, 15) is 9.59 Å². The Bertz CT molecular complexity index is 505. The highest BCUT2D eigenvalue weighted by molar-refractivity contribution is 5.86. The first-order chi connectivity index (χ1) is 10.4. The second-order valence-corrected chi connectivity index (χ2v) is 8.22. The number of carbonyl (C=O) groups is 2. The maximum absolute atomic E-state index is 12.9. The molecule has 0 aromatic rings. The fraction of sp³-hybridized carbons (Fsp3) is 0.889. The lowest BCUT2D eigenvalue weighted by Gasteiger charge is -2.36. The molecule has 2 bridgehead atoms. The summed E-state index contributed by atoms with van der Waals surface area (Å²) < 4.78 is 11.6. The van der Waals surface area contributed by atoms with Gasteiger partial charge in [0.1, 0.15) is 11.7 Å². The minimum Gasteiger partial charge on any atom is -0.462 e. The number of fused-ring (bicyclic) bond motifs is 1. The van der Waals surface area contributed by atoms with Crippen LogP contribution >= 0.6 is 0 Å². The molecule has 4 rings (SSSR count). The van der Waals surface area contributed by atoms with Crippen LogP contribution in [0.25, 0.3) is 0 Å². The summed E-state index contributed by atoms with van der Waals surface area (Å²) in [6.45, 7) is 6.40. The molecule has 4 aliphatic rings. The SMILES string of the molecule is CC1C2CC3C1OC(=O)C3C2C(=O)OC1(C(C)C)CCCC1. The van der Waals surface area contributed by atoms with Crippen LogP contribution < -0.4 is 0 Å². The monoisotopic (exact) mass is 306 g/mol. The molecule has 4 nitrogen and oxygen atoms in total. The highest BCUT2D eigenvalue weighted by Gasteiger charge is 2.67. The predicted molar refractivity (Wildman–Crippen MR) is 79.8 cm³/mol. The van der Waals surface area contributed by atoms with E-state index in [0.29, 0.717) is 11.8 Å². The van der Waals surface area contributed by atoms with Gasteiger partial charge in [0.05, 0.1) is 11.8 Å². The zero-order valence-corrected chi connectivity index (χ0v) is 13.7. The Morgan fingerprint density at radius 1 is 1.27 bits per heavy atom. The minimum atomic E-state index is -0.302. The first-order valence-electron chi connectivity index (χ1n) is 8.88. The van der Waals surface area contributed by atoms with Crippen molar-refractivity contribution in [3.8, 4) is 0 Å². The minimum absolute atomic E-state index is 0.0529. The van der Waals surface area contributed by atoms with Gasteiger partial charge >= 0.3 is 11.9 Å². The summed E-state index contributed by atoms with van der Waals surface area (Å²) >= 11 is 0. The average Bonchev–Trinajstić information content (AvgIpc) is 3.16. The van der Waals surface area contributed by atoms with E-state index in [-0.39, 0.29) is 47.3 Å². The molecular weight excluding hydrogens is 280 g/mol. The van der Waals surface area contributed by atoms with Crippen LogP contribution in [0.2, 0.25) is 0 Å². The number of hydrogen-bond acceptors (Lipinski definition) is 4. The van der Waals surface area contributed by atoms with Crippen LogP contribution in [0.5, 0.6) is 0 Å². The van der Waals surface area contributed by atoms with Gasteiger partial charge in [-0.1, -0.05) is 20.8 Å². The van der Waals surface area contributed by atoms with Crippen molar-refractivity contribution in [1.29, 1.82) is 0 Å². The molecule has 0 amide bonds. The summed E-state index contributed by atoms with van der Waals surface area (Å²) in [7, 11) is 0. The summed E-state index contributed by atoms with van der Waals surface area (Å²) in [4.78, 5) is 25.1. The van der Waals surface area contributed by atoms with Gasteiger partial charge < -0.3 is 9.47 Å². The molecule has 6 atom stereocenters. The highest BCUT2D eigenvalue weighted by Crippen LogP contribution is 2.60. The number of esters is 2. The highest BCUT2D eigenvalue weighted by atomic mass is 16.6. The molecule has 0 aromatic heterocycles. The summed E-state index contributed by atoms with van der Waals surface area (Å²) in [5, 5.41) is 0. The van der Waals surface area contributed by atoms with Crippen molar-refractivity contribution in [3.63, 3.8) is 0 Å². The van der Waals surface area contributed by atoms with E-state index in [1.165, 1.54) is 0 Å². The van der Waals surface area contributed by atoms with Crippen molar-refractivity contribution in [1.82, 2.24) is 0 Å². The molecule has 3 saturated carbocycles. The first-order valence-corrected chi connectivity index (χ1v) is 8.88. The van der Waals surface area contributed by atoms with E-state index in [1.807, 2.05) is 0 Å². The molecule has 4 heteroatoms. The average molecular weight is 306 g/mol. The number of carbonyl (C=O) groups excluding carboxylic acids is 2. The van der Waals surface area contributed by atoms with E-state index in [1.54, 1.807) is 0 Å². The van der Waals surface area contributed by atoms with E-state index in [0.717, 1.165) is 32.1 Å². The van der Waals surface area contributed by atoms with E-state index >= 15 is 0 Å². The Labute approximate surface area is 131 Å². The zero-order valence-electron chi connectivity index (χ0n) is 13.7. The molecule has 1 heterocycles. The van der Waals surface area contributed by atoms with Gasteiger partial charge in [0, 0.05) is 5.92 Å². The van der Waals surface area contributed by atoms with Gasteiger partial charge in [0.15, 0.2) is 0 Å². The van der Waals surface area contributed by atoms with Crippen molar-refractivity contribution in [2.75, 3.05) is 0 Å². The Balaban J connectivity index is 1.57. The van der Waals surface area contributed by atoms with Crippen LogP contribution in [0.3, 0.4) is 0 Å². The standard InChI is InChI=1S/C18H26O4/c1-9(2)18(6-4-5-7-18)22-17(20)13-11-8-12-14(13)16(19)21-15(12)10(11)3/h9-15H,4-8H2,1-3H3. The maximum atomic E-state index is 12.9. The molecule has 0 spiro atoms. The quantitative estimate of drug-likeness (QED) is 0.752. The van der Waals surface area contributed by atoms with E-state index in [2.05, 4.69) is 20.8 Å². The van der Waals surface area contributed by atoms with Crippen molar-refractivity contribution in [2.45, 2.75) is 64.6 Å². The van der Waals surface area contributed by atoms with Gasteiger partial charge in [-0.2, -0.15) is 0 Å². The zero-order chi connectivity index (χ0) is 15.6.